The number of nitrogens with zero attached hydrogens (tertiary/aromatic N) is 3. The van der Waals surface area contributed by atoms with Crippen LogP contribution < -0.4 is 5.43 Å². The number of thioether (sulfide) groups is 1. The lowest BCUT2D eigenvalue weighted by Gasteiger charge is -2.07. The Morgan fingerprint density at radius 1 is 1.27 bits per heavy atom. The molecule has 5 nitrogen and oxygen atoms in total. The van der Waals surface area contributed by atoms with Crippen molar-refractivity contribution in [1.82, 2.24) is 19.7 Å². The number of rotatable bonds is 5. The van der Waals surface area contributed by atoms with E-state index in [2.05, 4.69) is 26.7 Å². The summed E-state index contributed by atoms with van der Waals surface area (Å²) in [6.07, 6.45) is 0. The molecule has 0 atom stereocenters. The minimum atomic E-state index is -0.415. The molecular weight excluding hydrogens is 371 g/mol. The summed E-state index contributed by atoms with van der Waals surface area (Å²) in [5.74, 6) is 0.986. The molecule has 1 aromatic carbocycles. The van der Waals surface area contributed by atoms with E-state index in [9.17, 15) is 9.18 Å². The molecule has 0 unspecified atom stereocenters. The molecule has 0 spiro atoms. The maximum absolute atomic E-state index is 13.3. The molecule has 132 valence electrons. The van der Waals surface area contributed by atoms with Gasteiger partial charge in [-0.3, -0.25) is 4.79 Å². The van der Waals surface area contributed by atoms with Gasteiger partial charge >= 0.3 is 0 Å². The van der Waals surface area contributed by atoms with Crippen LogP contribution in [0.5, 0.6) is 0 Å². The van der Waals surface area contributed by atoms with Gasteiger partial charge in [0.25, 0.3) is 0 Å². The molecule has 0 amide bonds. The second-order valence-electron chi connectivity index (χ2n) is 5.67. The smallest absolute Gasteiger partial charge is 0.191 e. The number of hydrogen-bond donors (Lipinski definition) is 1. The third-order valence-electron chi connectivity index (χ3n) is 3.98. The summed E-state index contributed by atoms with van der Waals surface area (Å²) < 4.78 is 15.4. The van der Waals surface area contributed by atoms with Crippen molar-refractivity contribution in [2.45, 2.75) is 24.4 Å². The highest BCUT2D eigenvalue weighted by atomic mass is 32.2. The van der Waals surface area contributed by atoms with E-state index < -0.39 is 5.82 Å². The first-order valence-corrected chi connectivity index (χ1v) is 9.93. The number of thiophene rings is 1. The highest BCUT2D eigenvalue weighted by Crippen LogP contribution is 2.28. The van der Waals surface area contributed by atoms with Gasteiger partial charge in [0.2, 0.25) is 0 Å². The Bertz CT molecular complexity index is 1120. The predicted molar refractivity (Wildman–Crippen MR) is 103 cm³/mol. The van der Waals surface area contributed by atoms with Crippen LogP contribution in [0.3, 0.4) is 0 Å². The van der Waals surface area contributed by atoms with Crippen LogP contribution in [0.1, 0.15) is 12.6 Å². The fraction of sp³-hybridized carbons (Fsp3) is 0.167. The van der Waals surface area contributed by atoms with Crippen molar-refractivity contribution >= 4 is 34.0 Å². The van der Waals surface area contributed by atoms with Crippen molar-refractivity contribution in [1.29, 1.82) is 0 Å². The highest BCUT2D eigenvalue weighted by molar-refractivity contribution is 7.98. The standard InChI is InChI=1S/C18H15FN4OS2/c1-2-23-17(16-4-3-7-25-16)21-22-18(23)26-10-12-9-15(24)13-8-11(19)5-6-14(13)20-12/h3-9H,2,10H2,1H3,(H,20,24). The summed E-state index contributed by atoms with van der Waals surface area (Å²) in [5, 5.41) is 11.8. The van der Waals surface area contributed by atoms with Gasteiger partial charge in [-0.2, -0.15) is 0 Å². The van der Waals surface area contributed by atoms with Gasteiger partial charge in [-0.05, 0) is 36.6 Å². The Hall–Kier alpha value is -2.45. The number of halogens is 1. The van der Waals surface area contributed by atoms with E-state index in [-0.39, 0.29) is 5.43 Å². The van der Waals surface area contributed by atoms with Crippen molar-refractivity contribution in [3.63, 3.8) is 0 Å². The van der Waals surface area contributed by atoms with Gasteiger partial charge in [0.15, 0.2) is 16.4 Å². The molecule has 0 aliphatic heterocycles. The van der Waals surface area contributed by atoms with Crippen molar-refractivity contribution in [3.8, 4) is 10.7 Å². The summed E-state index contributed by atoms with van der Waals surface area (Å²) in [4.78, 5) is 16.5. The maximum Gasteiger partial charge on any atom is 0.191 e. The van der Waals surface area contributed by atoms with E-state index in [1.807, 2.05) is 17.5 Å². The van der Waals surface area contributed by atoms with E-state index in [1.165, 1.54) is 30.0 Å². The van der Waals surface area contributed by atoms with Gasteiger partial charge in [0.05, 0.1) is 4.88 Å². The molecule has 0 aliphatic rings. The maximum atomic E-state index is 13.3. The molecule has 26 heavy (non-hydrogen) atoms. The molecule has 0 bridgehead atoms. The zero-order valence-corrected chi connectivity index (χ0v) is 15.5. The quantitative estimate of drug-likeness (QED) is 0.520. The molecule has 8 heteroatoms. The van der Waals surface area contributed by atoms with E-state index in [0.717, 1.165) is 28.1 Å². The first kappa shape index (κ1) is 17.0. The van der Waals surface area contributed by atoms with E-state index in [4.69, 9.17) is 0 Å². The Balaban J connectivity index is 1.61. The van der Waals surface area contributed by atoms with Gasteiger partial charge in [0.1, 0.15) is 5.82 Å². The third-order valence-corrected chi connectivity index (χ3v) is 5.86. The highest BCUT2D eigenvalue weighted by Gasteiger charge is 2.14. The Morgan fingerprint density at radius 2 is 2.15 bits per heavy atom. The summed E-state index contributed by atoms with van der Waals surface area (Å²) in [6.45, 7) is 2.81. The molecular formula is C18H15FN4OS2. The first-order chi connectivity index (χ1) is 12.7. The average Bonchev–Trinajstić information content (AvgIpc) is 3.29. The fourth-order valence-corrected chi connectivity index (χ4v) is 4.39. The average molecular weight is 386 g/mol. The molecule has 4 rings (SSSR count). The van der Waals surface area contributed by atoms with Gasteiger partial charge < -0.3 is 9.55 Å². The molecule has 3 aromatic heterocycles. The number of hydrogen-bond acceptors (Lipinski definition) is 5. The van der Waals surface area contributed by atoms with Crippen LogP contribution in [0, 0.1) is 5.82 Å². The number of nitrogens with one attached hydrogen (secondary N) is 1. The van der Waals surface area contributed by atoms with Gasteiger partial charge in [-0.15, -0.1) is 21.5 Å². The zero-order chi connectivity index (χ0) is 18.1. The Morgan fingerprint density at radius 3 is 2.92 bits per heavy atom. The third kappa shape index (κ3) is 3.17. The van der Waals surface area contributed by atoms with Crippen LogP contribution in [0.25, 0.3) is 21.6 Å². The predicted octanol–water partition coefficient (Wildman–Crippen LogP) is 4.30. The minimum absolute atomic E-state index is 0.190. The van der Waals surface area contributed by atoms with Crippen molar-refractivity contribution in [2.75, 3.05) is 0 Å². The van der Waals surface area contributed by atoms with Crippen LogP contribution in [-0.2, 0) is 12.3 Å². The SMILES string of the molecule is CCn1c(SCc2cc(=O)c3cc(F)ccc3[nH]2)nnc1-c1cccs1. The molecule has 3 heterocycles. The second kappa shape index (κ2) is 7.05. The van der Waals surface area contributed by atoms with E-state index in [1.54, 1.807) is 17.4 Å². The zero-order valence-electron chi connectivity index (χ0n) is 13.9. The minimum Gasteiger partial charge on any atom is -0.357 e. The van der Waals surface area contributed by atoms with Crippen molar-refractivity contribution in [2.24, 2.45) is 0 Å². The summed E-state index contributed by atoms with van der Waals surface area (Å²) in [6, 6.07) is 9.72. The number of aromatic amines is 1. The number of pyridine rings is 1. The van der Waals surface area contributed by atoms with Crippen LogP contribution in [-0.4, -0.2) is 19.7 Å². The topological polar surface area (TPSA) is 63.6 Å². The molecule has 0 saturated heterocycles. The fourth-order valence-electron chi connectivity index (χ4n) is 2.76. The van der Waals surface area contributed by atoms with Gasteiger partial charge in [-0.1, -0.05) is 17.8 Å². The van der Waals surface area contributed by atoms with Crippen molar-refractivity contribution in [3.05, 3.63) is 63.5 Å². The van der Waals surface area contributed by atoms with Crippen molar-refractivity contribution < 1.29 is 4.39 Å². The monoisotopic (exact) mass is 386 g/mol. The summed E-state index contributed by atoms with van der Waals surface area (Å²) in [5.41, 5.74) is 1.21. The first-order valence-electron chi connectivity index (χ1n) is 8.07. The molecule has 4 aromatic rings. The lowest BCUT2D eigenvalue weighted by atomic mass is 10.2. The van der Waals surface area contributed by atoms with Crippen LogP contribution >= 0.6 is 23.1 Å². The van der Waals surface area contributed by atoms with Crippen LogP contribution in [0.4, 0.5) is 4.39 Å². The number of benzene rings is 1. The van der Waals surface area contributed by atoms with Crippen LogP contribution in [0.15, 0.2) is 51.7 Å². The largest absolute Gasteiger partial charge is 0.357 e. The van der Waals surface area contributed by atoms with E-state index in [0.29, 0.717) is 16.7 Å². The second-order valence-corrected chi connectivity index (χ2v) is 7.56. The van der Waals surface area contributed by atoms with Gasteiger partial charge in [-0.25, -0.2) is 4.39 Å². The lowest BCUT2D eigenvalue weighted by Crippen LogP contribution is -2.05. The summed E-state index contributed by atoms with van der Waals surface area (Å²) >= 11 is 3.14. The Kier molecular flexibility index (Phi) is 4.60. The molecule has 0 fully saturated rings. The molecule has 0 radical (unpaired) electrons. The van der Waals surface area contributed by atoms with E-state index >= 15 is 0 Å². The normalized spacial score (nSPS) is 11.3. The summed E-state index contributed by atoms with van der Waals surface area (Å²) in [7, 11) is 0. The van der Waals surface area contributed by atoms with Gasteiger partial charge in [0, 0.05) is 35.0 Å². The lowest BCUT2D eigenvalue weighted by molar-refractivity contribution is 0.629. The molecule has 0 aliphatic carbocycles. The molecule has 0 saturated carbocycles. The molecule has 1 N–H and O–H groups in total. The Labute approximate surface area is 156 Å². The number of aromatic nitrogens is 4. The number of H-pyrrole nitrogens is 1. The number of fused-ring (bicyclic) bond motifs is 1. The van der Waals surface area contributed by atoms with Crippen LogP contribution in [0.2, 0.25) is 0 Å².